The monoisotopic (exact) mass is 291 g/mol. The topological polar surface area (TPSA) is 113 Å². The summed E-state index contributed by atoms with van der Waals surface area (Å²) in [5, 5.41) is 11.5. The van der Waals surface area contributed by atoms with Gasteiger partial charge in [-0.25, -0.2) is 9.59 Å². The highest BCUT2D eigenvalue weighted by atomic mass is 16.4. The molecule has 1 heterocycles. The molecule has 0 bridgehead atoms. The average Bonchev–Trinajstić information content (AvgIpc) is 2.45. The number of carboxylic acid groups (broad SMARTS) is 1. The molecule has 0 radical (unpaired) electrons. The van der Waals surface area contributed by atoms with Gasteiger partial charge in [-0.15, -0.1) is 0 Å². The highest BCUT2D eigenvalue weighted by Crippen LogP contribution is 2.20. The van der Waals surface area contributed by atoms with Crippen molar-refractivity contribution in [3.05, 3.63) is 34.9 Å². The zero-order valence-electron chi connectivity index (χ0n) is 11.6. The minimum absolute atomic E-state index is 0.196. The Morgan fingerprint density at radius 3 is 2.67 bits per heavy atom. The van der Waals surface area contributed by atoms with Gasteiger partial charge in [0.25, 0.3) is 0 Å². The van der Waals surface area contributed by atoms with Crippen LogP contribution in [0.25, 0.3) is 0 Å². The lowest BCUT2D eigenvalue weighted by Gasteiger charge is -2.30. The Kier molecular flexibility index (Phi) is 4.11. The third-order valence-electron chi connectivity index (χ3n) is 3.52. The number of fused-ring (bicyclic) bond motifs is 1. The first kappa shape index (κ1) is 14.8. The molecule has 21 heavy (non-hydrogen) atoms. The van der Waals surface area contributed by atoms with E-state index in [2.05, 4.69) is 5.32 Å². The van der Waals surface area contributed by atoms with Crippen molar-refractivity contribution in [1.82, 2.24) is 10.2 Å². The van der Waals surface area contributed by atoms with Gasteiger partial charge >= 0.3 is 12.0 Å². The van der Waals surface area contributed by atoms with Crippen LogP contribution in [0.3, 0.4) is 0 Å². The second kappa shape index (κ2) is 5.82. The van der Waals surface area contributed by atoms with Crippen molar-refractivity contribution < 1.29 is 19.5 Å². The number of amides is 3. The van der Waals surface area contributed by atoms with E-state index in [9.17, 15) is 14.4 Å². The Bertz CT molecular complexity index is 600. The van der Waals surface area contributed by atoms with Crippen LogP contribution in [-0.4, -0.2) is 40.5 Å². The van der Waals surface area contributed by atoms with Crippen molar-refractivity contribution in [2.45, 2.75) is 25.9 Å². The number of nitrogens with two attached hydrogens (primary N) is 1. The van der Waals surface area contributed by atoms with Gasteiger partial charge < -0.3 is 21.1 Å². The molecular weight excluding hydrogens is 274 g/mol. The summed E-state index contributed by atoms with van der Waals surface area (Å²) in [5.74, 6) is -1.60. The van der Waals surface area contributed by atoms with Crippen LogP contribution in [0.1, 0.15) is 28.4 Å². The van der Waals surface area contributed by atoms with Crippen LogP contribution >= 0.6 is 0 Å². The van der Waals surface area contributed by atoms with Crippen LogP contribution < -0.4 is 11.1 Å². The molecule has 7 heteroatoms. The summed E-state index contributed by atoms with van der Waals surface area (Å²) in [7, 11) is 0. The number of carboxylic acids is 1. The van der Waals surface area contributed by atoms with E-state index in [1.165, 1.54) is 11.8 Å². The number of benzene rings is 1. The number of hydrogen-bond donors (Lipinski definition) is 3. The number of primary amides is 1. The summed E-state index contributed by atoms with van der Waals surface area (Å²) in [6, 6.07) is 3.79. The van der Waals surface area contributed by atoms with E-state index >= 15 is 0 Å². The summed E-state index contributed by atoms with van der Waals surface area (Å²) >= 11 is 0. The number of nitrogens with one attached hydrogen (secondary N) is 1. The third-order valence-corrected chi connectivity index (χ3v) is 3.52. The van der Waals surface area contributed by atoms with E-state index in [0.717, 1.165) is 11.1 Å². The smallest absolute Gasteiger partial charge is 0.335 e. The molecule has 0 aliphatic carbocycles. The standard InChI is InChI=1S/C14H17N3O4/c1-8(12(15)18)16-14(21)17-5-4-9-2-3-10(13(19)20)6-11(9)7-17/h2-3,6,8H,4-5,7H2,1H3,(H2,15,18)(H,16,21)(H,19,20). The fourth-order valence-corrected chi connectivity index (χ4v) is 2.21. The zero-order chi connectivity index (χ0) is 15.6. The molecule has 0 spiro atoms. The van der Waals surface area contributed by atoms with Crippen molar-refractivity contribution in [3.63, 3.8) is 0 Å². The molecule has 4 N–H and O–H groups in total. The first-order valence-electron chi connectivity index (χ1n) is 6.58. The van der Waals surface area contributed by atoms with Crippen molar-refractivity contribution in [3.8, 4) is 0 Å². The van der Waals surface area contributed by atoms with E-state index in [0.29, 0.717) is 19.5 Å². The fraction of sp³-hybridized carbons (Fsp3) is 0.357. The van der Waals surface area contributed by atoms with Crippen LogP contribution in [0.2, 0.25) is 0 Å². The van der Waals surface area contributed by atoms with Crippen LogP contribution in [0, 0.1) is 0 Å². The highest BCUT2D eigenvalue weighted by molar-refractivity contribution is 5.88. The van der Waals surface area contributed by atoms with Crippen LogP contribution in [0.15, 0.2) is 18.2 Å². The van der Waals surface area contributed by atoms with Crippen LogP contribution in [0.5, 0.6) is 0 Å². The lowest BCUT2D eigenvalue weighted by molar-refractivity contribution is -0.119. The summed E-state index contributed by atoms with van der Waals surface area (Å²) in [6.45, 7) is 2.34. The summed E-state index contributed by atoms with van der Waals surface area (Å²) in [5.41, 5.74) is 7.14. The van der Waals surface area contributed by atoms with Gasteiger partial charge in [-0.1, -0.05) is 6.07 Å². The molecular formula is C14H17N3O4. The van der Waals surface area contributed by atoms with Crippen molar-refractivity contribution >= 4 is 17.9 Å². The van der Waals surface area contributed by atoms with E-state index in [1.54, 1.807) is 18.2 Å². The molecule has 0 aromatic heterocycles. The minimum atomic E-state index is -0.998. The molecule has 1 aliphatic heterocycles. The highest BCUT2D eigenvalue weighted by Gasteiger charge is 2.23. The second-order valence-corrected chi connectivity index (χ2v) is 5.03. The molecule has 1 aromatic carbocycles. The minimum Gasteiger partial charge on any atom is -0.478 e. The Hall–Kier alpha value is -2.57. The van der Waals surface area contributed by atoms with Crippen molar-refractivity contribution in [1.29, 1.82) is 0 Å². The van der Waals surface area contributed by atoms with Gasteiger partial charge in [0, 0.05) is 13.1 Å². The molecule has 7 nitrogen and oxygen atoms in total. The van der Waals surface area contributed by atoms with Crippen molar-refractivity contribution in [2.75, 3.05) is 6.54 Å². The lowest BCUT2D eigenvalue weighted by Crippen LogP contribution is -2.49. The quantitative estimate of drug-likeness (QED) is 0.744. The molecule has 0 saturated heterocycles. The SMILES string of the molecule is CC(NC(=O)N1CCc2ccc(C(=O)O)cc2C1)C(N)=O. The number of hydrogen-bond acceptors (Lipinski definition) is 3. The van der Waals surface area contributed by atoms with Crippen LogP contribution in [0.4, 0.5) is 4.79 Å². The van der Waals surface area contributed by atoms with E-state index in [4.69, 9.17) is 10.8 Å². The predicted molar refractivity (Wildman–Crippen MR) is 74.7 cm³/mol. The Morgan fingerprint density at radius 2 is 2.05 bits per heavy atom. The first-order chi connectivity index (χ1) is 9.88. The molecule has 112 valence electrons. The largest absolute Gasteiger partial charge is 0.478 e. The van der Waals surface area contributed by atoms with Gasteiger partial charge in [-0.2, -0.15) is 0 Å². The van der Waals surface area contributed by atoms with Gasteiger partial charge in [-0.3, -0.25) is 4.79 Å². The van der Waals surface area contributed by atoms with Crippen LogP contribution in [-0.2, 0) is 17.8 Å². The number of carbonyl (C=O) groups is 3. The molecule has 0 fully saturated rings. The number of aromatic carboxylic acids is 1. The molecule has 0 saturated carbocycles. The van der Waals surface area contributed by atoms with Gasteiger partial charge in [-0.05, 0) is 36.6 Å². The third kappa shape index (κ3) is 3.31. The first-order valence-corrected chi connectivity index (χ1v) is 6.58. The maximum absolute atomic E-state index is 12.0. The van der Waals surface area contributed by atoms with Gasteiger partial charge in [0.2, 0.25) is 5.91 Å². The number of carbonyl (C=O) groups excluding carboxylic acids is 2. The fourth-order valence-electron chi connectivity index (χ4n) is 2.21. The molecule has 1 unspecified atom stereocenters. The number of urea groups is 1. The maximum atomic E-state index is 12.0. The zero-order valence-corrected chi connectivity index (χ0v) is 11.6. The Labute approximate surface area is 121 Å². The van der Waals surface area contributed by atoms with Gasteiger partial charge in [0.05, 0.1) is 5.56 Å². The molecule has 1 aliphatic rings. The molecule has 1 aromatic rings. The molecule has 3 amide bonds. The summed E-state index contributed by atoms with van der Waals surface area (Å²) < 4.78 is 0. The number of rotatable bonds is 3. The van der Waals surface area contributed by atoms with E-state index in [1.807, 2.05) is 0 Å². The summed E-state index contributed by atoms with van der Waals surface area (Å²) in [4.78, 5) is 35.5. The van der Waals surface area contributed by atoms with E-state index in [-0.39, 0.29) is 11.6 Å². The summed E-state index contributed by atoms with van der Waals surface area (Å²) in [6.07, 6.45) is 0.646. The lowest BCUT2D eigenvalue weighted by atomic mass is 9.97. The Morgan fingerprint density at radius 1 is 1.33 bits per heavy atom. The predicted octanol–water partition coefficient (Wildman–Crippen LogP) is 0.326. The van der Waals surface area contributed by atoms with E-state index < -0.39 is 17.9 Å². The molecule has 2 rings (SSSR count). The normalized spacial score (nSPS) is 15.0. The molecule has 1 atom stereocenters. The average molecular weight is 291 g/mol. The second-order valence-electron chi connectivity index (χ2n) is 5.03. The van der Waals surface area contributed by atoms with Crippen molar-refractivity contribution in [2.24, 2.45) is 5.73 Å². The Balaban J connectivity index is 2.11. The maximum Gasteiger partial charge on any atom is 0.335 e. The van der Waals surface area contributed by atoms with Gasteiger partial charge in [0.1, 0.15) is 6.04 Å². The number of nitrogens with zero attached hydrogens (tertiary/aromatic N) is 1. The van der Waals surface area contributed by atoms with Gasteiger partial charge in [0.15, 0.2) is 0 Å².